The maximum Gasteiger partial charge on any atom is 0.395 e. The number of nitro groups is 1. The zero-order valence-corrected chi connectivity index (χ0v) is 13.5. The van der Waals surface area contributed by atoms with Crippen molar-refractivity contribution in [3.8, 4) is 11.6 Å². The molecule has 0 saturated carbocycles. The highest BCUT2D eigenvalue weighted by Gasteiger charge is 2.21. The van der Waals surface area contributed by atoms with Gasteiger partial charge in [0.1, 0.15) is 11.6 Å². The number of hydrogen-bond acceptors (Lipinski definition) is 6. The molecule has 23 heavy (non-hydrogen) atoms. The summed E-state index contributed by atoms with van der Waals surface area (Å²) in [6.07, 6.45) is 3.02. The van der Waals surface area contributed by atoms with Gasteiger partial charge in [0, 0.05) is 10.0 Å². The van der Waals surface area contributed by atoms with Gasteiger partial charge in [0.15, 0.2) is 0 Å². The molecular formula is C14H12BrN3O5. The van der Waals surface area contributed by atoms with Crippen LogP contribution in [0.4, 0.5) is 5.69 Å². The van der Waals surface area contributed by atoms with Crippen LogP contribution in [0.15, 0.2) is 27.5 Å². The lowest BCUT2D eigenvalue weighted by atomic mass is 10.2. The van der Waals surface area contributed by atoms with Gasteiger partial charge in [-0.05, 0) is 37.3 Å². The topological polar surface area (TPSA) is 118 Å². The first-order valence-electron chi connectivity index (χ1n) is 6.50. The lowest BCUT2D eigenvalue weighted by molar-refractivity contribution is -0.387. The number of aromatic amines is 1. The first kappa shape index (κ1) is 16.7. The van der Waals surface area contributed by atoms with Crippen molar-refractivity contribution < 1.29 is 14.8 Å². The Hall–Kier alpha value is -2.68. The van der Waals surface area contributed by atoms with Crippen molar-refractivity contribution in [2.75, 3.05) is 6.61 Å². The first-order valence-corrected chi connectivity index (χ1v) is 7.29. The fraction of sp³-hybridized carbons (Fsp3) is 0.143. The average Bonchev–Trinajstić information content (AvgIpc) is 2.46. The van der Waals surface area contributed by atoms with Crippen LogP contribution >= 0.6 is 15.9 Å². The number of aromatic nitrogens is 2. The van der Waals surface area contributed by atoms with Crippen molar-refractivity contribution in [1.29, 1.82) is 0 Å². The van der Waals surface area contributed by atoms with Crippen LogP contribution in [0.5, 0.6) is 11.6 Å². The molecule has 0 saturated heterocycles. The molecule has 0 fully saturated rings. The van der Waals surface area contributed by atoms with Gasteiger partial charge >= 0.3 is 11.2 Å². The van der Waals surface area contributed by atoms with E-state index in [1.807, 2.05) is 13.0 Å². The zero-order valence-electron chi connectivity index (χ0n) is 11.9. The maximum atomic E-state index is 11.6. The third kappa shape index (κ3) is 3.95. The molecule has 0 atom stereocenters. The summed E-state index contributed by atoms with van der Waals surface area (Å²) in [6, 6.07) is 5.39. The Bertz CT molecular complexity index is 832. The van der Waals surface area contributed by atoms with Crippen molar-refractivity contribution in [2.45, 2.75) is 6.92 Å². The number of nitrogens with zero attached hydrogens (tertiary/aromatic N) is 2. The summed E-state index contributed by atoms with van der Waals surface area (Å²) in [7, 11) is 0. The van der Waals surface area contributed by atoms with Gasteiger partial charge in [-0.25, -0.2) is 0 Å². The van der Waals surface area contributed by atoms with Gasteiger partial charge in [0.2, 0.25) is 0 Å². The van der Waals surface area contributed by atoms with E-state index in [1.165, 1.54) is 6.08 Å². The van der Waals surface area contributed by atoms with Crippen LogP contribution in [0.1, 0.15) is 18.3 Å². The van der Waals surface area contributed by atoms with Crippen LogP contribution in [0.2, 0.25) is 0 Å². The largest absolute Gasteiger partial charge is 0.493 e. The van der Waals surface area contributed by atoms with E-state index in [0.717, 1.165) is 4.47 Å². The van der Waals surface area contributed by atoms with Gasteiger partial charge in [0.05, 0.1) is 11.5 Å². The summed E-state index contributed by atoms with van der Waals surface area (Å²) in [5, 5.41) is 20.1. The molecule has 0 spiro atoms. The number of aromatic hydroxyl groups is 1. The van der Waals surface area contributed by atoms with Gasteiger partial charge in [-0.15, -0.1) is 0 Å². The third-order valence-electron chi connectivity index (χ3n) is 2.77. The second-order valence-corrected chi connectivity index (χ2v) is 5.24. The van der Waals surface area contributed by atoms with Gasteiger partial charge in [-0.1, -0.05) is 15.9 Å². The highest BCUT2D eigenvalue weighted by molar-refractivity contribution is 9.10. The lowest BCUT2D eigenvalue weighted by Crippen LogP contribution is -2.14. The molecule has 120 valence electrons. The number of benzene rings is 1. The first-order chi connectivity index (χ1) is 10.9. The van der Waals surface area contributed by atoms with Gasteiger partial charge in [-0.2, -0.15) is 4.98 Å². The van der Waals surface area contributed by atoms with Crippen LogP contribution in [-0.4, -0.2) is 26.6 Å². The fourth-order valence-electron chi connectivity index (χ4n) is 1.82. The van der Waals surface area contributed by atoms with Gasteiger partial charge in [-0.3, -0.25) is 14.9 Å². The molecule has 0 aliphatic rings. The van der Waals surface area contributed by atoms with Crippen LogP contribution in [-0.2, 0) is 0 Å². The smallest absolute Gasteiger partial charge is 0.395 e. The van der Waals surface area contributed by atoms with Crippen LogP contribution in [0, 0.1) is 10.1 Å². The summed E-state index contributed by atoms with van der Waals surface area (Å²) in [5.74, 6) is -0.321. The molecule has 0 aliphatic carbocycles. The van der Waals surface area contributed by atoms with E-state index in [9.17, 15) is 20.0 Å². The number of rotatable bonds is 5. The minimum Gasteiger partial charge on any atom is -0.493 e. The molecule has 8 nitrogen and oxygen atoms in total. The predicted octanol–water partition coefficient (Wildman–Crippen LogP) is 2.72. The molecule has 1 aromatic heterocycles. The maximum absolute atomic E-state index is 11.6. The molecular weight excluding hydrogens is 370 g/mol. The van der Waals surface area contributed by atoms with E-state index >= 15 is 0 Å². The highest BCUT2D eigenvalue weighted by atomic mass is 79.9. The lowest BCUT2D eigenvalue weighted by Gasteiger charge is -2.07. The SMILES string of the molecule is CCOc1ccc(Br)cc1C=Cc1nc(O)c([N+](=O)[O-])c(=O)[nH]1. The van der Waals surface area contributed by atoms with Gasteiger partial charge < -0.3 is 14.8 Å². The quantitative estimate of drug-likeness (QED) is 0.606. The number of hydrogen-bond donors (Lipinski definition) is 2. The molecule has 0 aliphatic heterocycles. The van der Waals surface area contributed by atoms with Crippen molar-refractivity contribution in [1.82, 2.24) is 9.97 Å². The van der Waals surface area contributed by atoms with E-state index in [-0.39, 0.29) is 5.82 Å². The van der Waals surface area contributed by atoms with Crippen LogP contribution in [0.3, 0.4) is 0 Å². The molecule has 0 radical (unpaired) electrons. The third-order valence-corrected chi connectivity index (χ3v) is 3.26. The highest BCUT2D eigenvalue weighted by Crippen LogP contribution is 2.25. The Morgan fingerprint density at radius 1 is 1.48 bits per heavy atom. The molecule has 0 amide bonds. The van der Waals surface area contributed by atoms with E-state index in [4.69, 9.17) is 4.74 Å². The molecule has 0 bridgehead atoms. The minimum absolute atomic E-state index is 0.0134. The Labute approximate surface area is 138 Å². The molecule has 2 rings (SSSR count). The van der Waals surface area contributed by atoms with Crippen molar-refractivity contribution in [3.63, 3.8) is 0 Å². The minimum atomic E-state index is -1.03. The summed E-state index contributed by atoms with van der Waals surface area (Å²) >= 11 is 3.34. The Morgan fingerprint density at radius 2 is 2.22 bits per heavy atom. The summed E-state index contributed by atoms with van der Waals surface area (Å²) < 4.78 is 6.30. The summed E-state index contributed by atoms with van der Waals surface area (Å²) in [4.78, 5) is 27.0. The second-order valence-electron chi connectivity index (χ2n) is 4.33. The fourth-order valence-corrected chi connectivity index (χ4v) is 2.20. The Morgan fingerprint density at radius 3 is 2.83 bits per heavy atom. The summed E-state index contributed by atoms with van der Waals surface area (Å²) in [5.41, 5.74) is -1.30. The average molecular weight is 382 g/mol. The van der Waals surface area contributed by atoms with E-state index in [0.29, 0.717) is 17.9 Å². The normalized spacial score (nSPS) is 10.9. The van der Waals surface area contributed by atoms with E-state index in [1.54, 1.807) is 18.2 Å². The van der Waals surface area contributed by atoms with E-state index < -0.39 is 22.0 Å². The van der Waals surface area contributed by atoms with E-state index in [2.05, 4.69) is 25.9 Å². The van der Waals surface area contributed by atoms with Crippen molar-refractivity contribution >= 4 is 33.8 Å². The summed E-state index contributed by atoms with van der Waals surface area (Å²) in [6.45, 7) is 2.33. The standard InChI is InChI=1S/C14H12BrN3O5/c1-2-23-10-5-4-9(15)7-8(10)3-6-11-16-13(19)12(18(21)22)14(20)17-11/h3-7H,2H2,1H3,(H2,16,17,19,20). The second kappa shape index (κ2) is 7.05. The number of ether oxygens (including phenoxy) is 1. The monoisotopic (exact) mass is 381 g/mol. The molecule has 1 aromatic carbocycles. The number of H-pyrrole nitrogens is 1. The predicted molar refractivity (Wildman–Crippen MR) is 87.4 cm³/mol. The van der Waals surface area contributed by atoms with Crippen LogP contribution < -0.4 is 10.3 Å². The molecule has 2 aromatic rings. The zero-order chi connectivity index (χ0) is 17.0. The van der Waals surface area contributed by atoms with Crippen molar-refractivity contribution in [3.05, 3.63) is 54.5 Å². The van der Waals surface area contributed by atoms with Crippen molar-refractivity contribution in [2.24, 2.45) is 0 Å². The Balaban J connectivity index is 2.40. The molecule has 9 heteroatoms. The van der Waals surface area contributed by atoms with Gasteiger partial charge in [0.25, 0.3) is 5.88 Å². The molecule has 2 N–H and O–H groups in total. The molecule has 1 heterocycles. The van der Waals surface area contributed by atoms with Crippen LogP contribution in [0.25, 0.3) is 12.2 Å². The number of nitrogens with one attached hydrogen (secondary N) is 1. The molecule has 0 unspecified atom stereocenters. The number of halogens is 1. The Kier molecular flexibility index (Phi) is 5.12.